The summed E-state index contributed by atoms with van der Waals surface area (Å²) in [7, 11) is 0. The predicted octanol–water partition coefficient (Wildman–Crippen LogP) is 3.64. The highest BCUT2D eigenvalue weighted by Gasteiger charge is 2.26. The van der Waals surface area contributed by atoms with Crippen LogP contribution in [0.15, 0.2) is 22.0 Å². The predicted molar refractivity (Wildman–Crippen MR) is 93.8 cm³/mol. The van der Waals surface area contributed by atoms with Gasteiger partial charge in [0.2, 0.25) is 0 Å². The average Bonchev–Trinajstić information content (AvgIpc) is 2.90. The van der Waals surface area contributed by atoms with E-state index in [0.717, 1.165) is 23.3 Å². The minimum absolute atomic E-state index is 0.176. The molecule has 5 heteroatoms. The number of carbonyl (C=O) groups excluding carboxylic acids is 1. The quantitative estimate of drug-likeness (QED) is 0.874. The fraction of sp³-hybridized carbons (Fsp3) is 0.444. The van der Waals surface area contributed by atoms with Gasteiger partial charge in [-0.1, -0.05) is 6.92 Å². The van der Waals surface area contributed by atoms with Gasteiger partial charge in [-0.25, -0.2) is 0 Å². The SMILES string of the molecule is CCn1[nH]cc(C(=O)c2cc(C)c3c(c2C)C(C)CCS3)c1=O. The van der Waals surface area contributed by atoms with E-state index in [-0.39, 0.29) is 16.9 Å². The van der Waals surface area contributed by atoms with Crippen LogP contribution in [-0.4, -0.2) is 21.3 Å². The molecule has 0 saturated heterocycles. The molecule has 1 N–H and O–H groups in total. The van der Waals surface area contributed by atoms with Crippen molar-refractivity contribution in [1.82, 2.24) is 9.78 Å². The maximum atomic E-state index is 12.9. The Morgan fingerprint density at radius 1 is 1.39 bits per heavy atom. The van der Waals surface area contributed by atoms with Crippen molar-refractivity contribution < 1.29 is 4.79 Å². The number of nitrogens with zero attached hydrogens (tertiary/aromatic N) is 1. The maximum absolute atomic E-state index is 12.9. The standard InChI is InChI=1S/C18H22N2O2S/c1-5-20-18(22)14(9-19-20)16(21)13-8-11(3)17-15(12(13)4)10(2)6-7-23-17/h8-10,19H,5-7H2,1-4H3. The second-order valence-corrected chi connectivity index (χ2v) is 7.32. The molecule has 1 aromatic carbocycles. The number of ketones is 1. The molecule has 1 aromatic heterocycles. The number of fused-ring (bicyclic) bond motifs is 1. The van der Waals surface area contributed by atoms with Gasteiger partial charge in [0.15, 0.2) is 5.78 Å². The van der Waals surface area contributed by atoms with Crippen molar-refractivity contribution in [2.75, 3.05) is 5.75 Å². The van der Waals surface area contributed by atoms with Crippen LogP contribution in [0.4, 0.5) is 0 Å². The van der Waals surface area contributed by atoms with E-state index >= 15 is 0 Å². The number of carbonyl (C=O) groups is 1. The topological polar surface area (TPSA) is 54.9 Å². The Morgan fingerprint density at radius 2 is 2.13 bits per heavy atom. The van der Waals surface area contributed by atoms with Crippen LogP contribution in [-0.2, 0) is 6.54 Å². The Kier molecular flexibility index (Phi) is 4.23. The molecule has 2 heterocycles. The van der Waals surface area contributed by atoms with Gasteiger partial charge in [-0.15, -0.1) is 11.8 Å². The van der Waals surface area contributed by atoms with Gasteiger partial charge in [0.25, 0.3) is 5.56 Å². The van der Waals surface area contributed by atoms with Crippen molar-refractivity contribution in [2.45, 2.75) is 51.5 Å². The molecule has 0 spiro atoms. The van der Waals surface area contributed by atoms with Gasteiger partial charge < -0.3 is 5.10 Å². The summed E-state index contributed by atoms with van der Waals surface area (Å²) in [5.41, 5.74) is 4.10. The number of aromatic nitrogens is 2. The van der Waals surface area contributed by atoms with Crippen molar-refractivity contribution in [1.29, 1.82) is 0 Å². The molecule has 1 aliphatic heterocycles. The second-order valence-electron chi connectivity index (χ2n) is 6.21. The van der Waals surface area contributed by atoms with E-state index in [1.165, 1.54) is 21.3 Å². The summed E-state index contributed by atoms with van der Waals surface area (Å²) < 4.78 is 1.45. The first-order valence-electron chi connectivity index (χ1n) is 8.05. The summed E-state index contributed by atoms with van der Waals surface area (Å²) in [6, 6.07) is 1.95. The average molecular weight is 330 g/mol. The van der Waals surface area contributed by atoms with Crippen molar-refractivity contribution in [3.05, 3.63) is 50.4 Å². The molecule has 0 fully saturated rings. The minimum Gasteiger partial charge on any atom is -0.302 e. The Labute approximate surface area is 140 Å². The van der Waals surface area contributed by atoms with Crippen LogP contribution in [0.5, 0.6) is 0 Å². The number of rotatable bonds is 3. The van der Waals surface area contributed by atoms with E-state index in [1.807, 2.05) is 31.7 Å². The summed E-state index contributed by atoms with van der Waals surface area (Å²) in [6.07, 6.45) is 2.66. The summed E-state index contributed by atoms with van der Waals surface area (Å²) in [5, 5.41) is 2.86. The molecule has 0 radical (unpaired) electrons. The molecule has 3 rings (SSSR count). The van der Waals surface area contributed by atoms with Gasteiger partial charge in [0.05, 0.1) is 0 Å². The third-order valence-corrected chi connectivity index (χ3v) is 5.98. The molecule has 0 aliphatic carbocycles. The van der Waals surface area contributed by atoms with Gasteiger partial charge in [0, 0.05) is 23.2 Å². The molecule has 4 nitrogen and oxygen atoms in total. The van der Waals surface area contributed by atoms with Crippen molar-refractivity contribution in [3.63, 3.8) is 0 Å². The lowest BCUT2D eigenvalue weighted by Crippen LogP contribution is -2.22. The molecule has 0 bridgehead atoms. The van der Waals surface area contributed by atoms with E-state index in [2.05, 4.69) is 18.9 Å². The Bertz CT molecular complexity index is 832. The first-order chi connectivity index (χ1) is 11.0. The number of benzene rings is 1. The third kappa shape index (κ3) is 2.57. The summed E-state index contributed by atoms with van der Waals surface area (Å²) >= 11 is 1.88. The Balaban J connectivity index is 2.15. The Morgan fingerprint density at radius 3 is 2.78 bits per heavy atom. The van der Waals surface area contributed by atoms with Gasteiger partial charge in [-0.05, 0) is 61.6 Å². The molecular weight excluding hydrogens is 308 g/mol. The maximum Gasteiger partial charge on any atom is 0.277 e. The van der Waals surface area contributed by atoms with Gasteiger partial charge in [-0.3, -0.25) is 14.3 Å². The summed E-state index contributed by atoms with van der Waals surface area (Å²) in [6.45, 7) is 8.70. The zero-order valence-corrected chi connectivity index (χ0v) is 14.8. The highest BCUT2D eigenvalue weighted by atomic mass is 32.2. The van der Waals surface area contributed by atoms with Crippen LogP contribution in [0.3, 0.4) is 0 Å². The van der Waals surface area contributed by atoms with E-state index in [4.69, 9.17) is 0 Å². The molecule has 1 unspecified atom stereocenters. The number of nitrogens with one attached hydrogen (secondary N) is 1. The number of aryl methyl sites for hydroxylation is 2. The van der Waals surface area contributed by atoms with Crippen LogP contribution in [0.25, 0.3) is 0 Å². The largest absolute Gasteiger partial charge is 0.302 e. The lowest BCUT2D eigenvalue weighted by Gasteiger charge is -2.27. The highest BCUT2D eigenvalue weighted by Crippen LogP contribution is 2.42. The lowest BCUT2D eigenvalue weighted by atomic mass is 9.87. The van der Waals surface area contributed by atoms with Crippen LogP contribution >= 0.6 is 11.8 Å². The monoisotopic (exact) mass is 330 g/mol. The van der Waals surface area contributed by atoms with E-state index in [1.54, 1.807) is 0 Å². The van der Waals surface area contributed by atoms with Crippen LogP contribution in [0.2, 0.25) is 0 Å². The van der Waals surface area contributed by atoms with Crippen LogP contribution < -0.4 is 5.56 Å². The van der Waals surface area contributed by atoms with Crippen molar-refractivity contribution >= 4 is 17.5 Å². The molecule has 0 saturated carbocycles. The van der Waals surface area contributed by atoms with Crippen molar-refractivity contribution in [3.8, 4) is 0 Å². The smallest absolute Gasteiger partial charge is 0.277 e. The zero-order chi connectivity index (χ0) is 16.7. The first-order valence-corrected chi connectivity index (χ1v) is 9.04. The molecule has 122 valence electrons. The van der Waals surface area contributed by atoms with Gasteiger partial charge in [-0.2, -0.15) is 0 Å². The van der Waals surface area contributed by atoms with Crippen LogP contribution in [0.1, 0.15) is 58.8 Å². The number of hydrogen-bond acceptors (Lipinski definition) is 3. The van der Waals surface area contributed by atoms with E-state index in [0.29, 0.717) is 18.0 Å². The van der Waals surface area contributed by atoms with Gasteiger partial charge >= 0.3 is 0 Å². The molecule has 2 aromatic rings. The van der Waals surface area contributed by atoms with E-state index < -0.39 is 0 Å². The summed E-state index contributed by atoms with van der Waals surface area (Å²) in [4.78, 5) is 26.5. The number of aromatic amines is 1. The molecule has 0 amide bonds. The second kappa shape index (κ2) is 6.04. The normalized spacial score (nSPS) is 17.1. The van der Waals surface area contributed by atoms with Gasteiger partial charge in [0.1, 0.15) is 5.56 Å². The number of thioether (sulfide) groups is 1. The fourth-order valence-corrected chi connectivity index (χ4v) is 4.84. The molecule has 23 heavy (non-hydrogen) atoms. The molecule has 1 aliphatic rings. The molecule has 1 atom stereocenters. The number of H-pyrrole nitrogens is 1. The van der Waals surface area contributed by atoms with Crippen LogP contribution in [0, 0.1) is 13.8 Å². The molecular formula is C18H22N2O2S. The fourth-order valence-electron chi connectivity index (χ4n) is 3.37. The highest BCUT2D eigenvalue weighted by molar-refractivity contribution is 7.99. The Hall–Kier alpha value is -1.75. The number of hydrogen-bond donors (Lipinski definition) is 1. The van der Waals surface area contributed by atoms with Crippen molar-refractivity contribution in [2.24, 2.45) is 0 Å². The third-order valence-electron chi connectivity index (χ3n) is 4.71. The lowest BCUT2D eigenvalue weighted by molar-refractivity contribution is 0.103. The summed E-state index contributed by atoms with van der Waals surface area (Å²) in [5.74, 6) is 1.40. The zero-order valence-electron chi connectivity index (χ0n) is 14.0. The van der Waals surface area contributed by atoms with E-state index in [9.17, 15) is 9.59 Å². The first kappa shape index (κ1) is 16.1. The minimum atomic E-state index is -0.241.